The van der Waals surface area contributed by atoms with E-state index in [2.05, 4.69) is 0 Å². The summed E-state index contributed by atoms with van der Waals surface area (Å²) < 4.78 is 29.6. The summed E-state index contributed by atoms with van der Waals surface area (Å²) in [5, 5.41) is 7.56. The van der Waals surface area contributed by atoms with E-state index in [1.807, 2.05) is 13.0 Å². The Labute approximate surface area is 187 Å². The molecule has 3 N–H and O–H groups in total. The molecule has 0 radical (unpaired) electrons. The van der Waals surface area contributed by atoms with Crippen molar-refractivity contribution in [3.05, 3.63) is 83.9 Å². The highest BCUT2D eigenvalue weighted by Crippen LogP contribution is 2.28. The molecule has 0 aromatic heterocycles. The van der Waals surface area contributed by atoms with Crippen LogP contribution in [0.3, 0.4) is 0 Å². The molecule has 166 valence electrons. The van der Waals surface area contributed by atoms with Gasteiger partial charge in [0.1, 0.15) is 11.6 Å². The molecule has 0 aliphatic heterocycles. The van der Waals surface area contributed by atoms with Crippen LogP contribution in [0.4, 0.5) is 4.79 Å². The molecule has 0 spiro atoms. The van der Waals surface area contributed by atoms with Gasteiger partial charge in [0.2, 0.25) is 0 Å². The van der Waals surface area contributed by atoms with E-state index in [1.165, 1.54) is 11.2 Å². The molecule has 3 rings (SSSR count). The first-order chi connectivity index (χ1) is 15.2. The molecule has 32 heavy (non-hydrogen) atoms. The molecule has 1 amide bonds. The first-order valence-corrected chi connectivity index (χ1v) is 11.9. The van der Waals surface area contributed by atoms with Crippen molar-refractivity contribution in [3.8, 4) is 16.9 Å². The second kappa shape index (κ2) is 9.65. The molecular formula is C24H25N3O4S. The molecule has 8 heteroatoms. The number of carbonyl (C=O) groups excluding carboxylic acids is 1. The number of hydrogen-bond donors (Lipinski definition) is 2. The Morgan fingerprint density at radius 1 is 1.03 bits per heavy atom. The molecule has 0 aliphatic rings. The van der Waals surface area contributed by atoms with Crippen LogP contribution in [0.2, 0.25) is 0 Å². The van der Waals surface area contributed by atoms with Gasteiger partial charge < -0.3 is 15.4 Å². The number of benzene rings is 3. The van der Waals surface area contributed by atoms with Gasteiger partial charge in [0, 0.05) is 30.5 Å². The van der Waals surface area contributed by atoms with Crippen LogP contribution in [0.1, 0.15) is 18.1 Å². The third kappa shape index (κ3) is 5.53. The van der Waals surface area contributed by atoms with Crippen LogP contribution >= 0.6 is 0 Å². The standard InChI is InChI=1S/C24H25N3O4S/c1-3-27(16-17-7-6-8-19(15-17)23(25)26)24(28)31-20-13-11-18(12-14-20)21-9-4-5-10-22(21)32(2,29)30/h4-15H,3,16H2,1-2H3,(H3,25,26). The van der Waals surface area contributed by atoms with E-state index in [0.29, 0.717) is 35.5 Å². The van der Waals surface area contributed by atoms with Crippen LogP contribution in [-0.4, -0.2) is 38.0 Å². The van der Waals surface area contributed by atoms with Gasteiger partial charge in [-0.05, 0) is 42.3 Å². The zero-order chi connectivity index (χ0) is 23.3. The smallest absolute Gasteiger partial charge is 0.410 e. The van der Waals surface area contributed by atoms with Gasteiger partial charge in [-0.3, -0.25) is 5.41 Å². The lowest BCUT2D eigenvalue weighted by atomic mass is 10.1. The molecule has 0 saturated carbocycles. The number of nitrogens with one attached hydrogen (secondary N) is 1. The van der Waals surface area contributed by atoms with E-state index in [9.17, 15) is 13.2 Å². The summed E-state index contributed by atoms with van der Waals surface area (Å²) >= 11 is 0. The third-order valence-corrected chi connectivity index (χ3v) is 6.06. The van der Waals surface area contributed by atoms with Crippen molar-refractivity contribution in [3.63, 3.8) is 0 Å². The van der Waals surface area contributed by atoms with Crippen molar-refractivity contribution < 1.29 is 17.9 Å². The fourth-order valence-corrected chi connectivity index (χ4v) is 4.17. The van der Waals surface area contributed by atoms with Crippen molar-refractivity contribution in [1.29, 1.82) is 5.41 Å². The molecule has 0 aliphatic carbocycles. The van der Waals surface area contributed by atoms with Crippen LogP contribution in [-0.2, 0) is 16.4 Å². The molecule has 0 heterocycles. The van der Waals surface area contributed by atoms with Crippen LogP contribution in [0, 0.1) is 5.41 Å². The maximum atomic E-state index is 12.7. The number of nitrogens with zero attached hydrogens (tertiary/aromatic N) is 1. The summed E-state index contributed by atoms with van der Waals surface area (Å²) in [5.41, 5.74) is 8.27. The predicted octanol–water partition coefficient (Wildman–Crippen LogP) is 4.06. The monoisotopic (exact) mass is 451 g/mol. The Morgan fingerprint density at radius 3 is 2.34 bits per heavy atom. The highest BCUT2D eigenvalue weighted by molar-refractivity contribution is 7.90. The molecule has 0 fully saturated rings. The first-order valence-electron chi connectivity index (χ1n) is 9.98. The number of amidine groups is 1. The topological polar surface area (TPSA) is 114 Å². The largest absolute Gasteiger partial charge is 0.415 e. The van der Waals surface area contributed by atoms with Crippen molar-refractivity contribution in [2.24, 2.45) is 5.73 Å². The molecule has 3 aromatic rings. The van der Waals surface area contributed by atoms with Gasteiger partial charge in [-0.2, -0.15) is 0 Å². The molecule has 3 aromatic carbocycles. The Bertz CT molecular complexity index is 1240. The molecule has 0 bridgehead atoms. The number of hydrogen-bond acceptors (Lipinski definition) is 5. The summed E-state index contributed by atoms with van der Waals surface area (Å²) in [4.78, 5) is 14.4. The number of amides is 1. The number of rotatable bonds is 7. The number of nitrogens with two attached hydrogens (primary N) is 1. The van der Waals surface area contributed by atoms with E-state index in [-0.39, 0.29) is 10.7 Å². The van der Waals surface area contributed by atoms with Gasteiger partial charge in [-0.1, -0.05) is 48.5 Å². The Kier molecular flexibility index (Phi) is 6.95. The van der Waals surface area contributed by atoms with E-state index >= 15 is 0 Å². The summed E-state index contributed by atoms with van der Waals surface area (Å²) in [6.45, 7) is 2.60. The number of carbonyl (C=O) groups is 1. The zero-order valence-electron chi connectivity index (χ0n) is 17.9. The van der Waals surface area contributed by atoms with Crippen molar-refractivity contribution in [2.75, 3.05) is 12.8 Å². The van der Waals surface area contributed by atoms with Crippen LogP contribution in [0.25, 0.3) is 11.1 Å². The van der Waals surface area contributed by atoms with Gasteiger partial charge in [0.15, 0.2) is 9.84 Å². The second-order valence-electron chi connectivity index (χ2n) is 7.29. The van der Waals surface area contributed by atoms with Gasteiger partial charge in [-0.15, -0.1) is 0 Å². The van der Waals surface area contributed by atoms with E-state index in [1.54, 1.807) is 66.7 Å². The van der Waals surface area contributed by atoms with E-state index < -0.39 is 15.9 Å². The molecule has 0 unspecified atom stereocenters. The lowest BCUT2D eigenvalue weighted by molar-refractivity contribution is 0.152. The van der Waals surface area contributed by atoms with Gasteiger partial charge >= 0.3 is 6.09 Å². The number of nitrogen functional groups attached to an aromatic ring is 1. The summed E-state index contributed by atoms with van der Waals surface area (Å²) in [7, 11) is -3.38. The molecule has 0 saturated heterocycles. The Balaban J connectivity index is 1.74. The van der Waals surface area contributed by atoms with Crippen LogP contribution in [0.5, 0.6) is 5.75 Å². The van der Waals surface area contributed by atoms with Gasteiger partial charge in [0.25, 0.3) is 0 Å². The normalized spacial score (nSPS) is 11.1. The lowest BCUT2D eigenvalue weighted by Crippen LogP contribution is -2.33. The van der Waals surface area contributed by atoms with Crippen molar-refractivity contribution in [2.45, 2.75) is 18.4 Å². The van der Waals surface area contributed by atoms with Crippen LogP contribution in [0.15, 0.2) is 77.7 Å². The maximum absolute atomic E-state index is 12.7. The first kappa shape index (κ1) is 23.0. The fraction of sp³-hybridized carbons (Fsp3) is 0.167. The predicted molar refractivity (Wildman–Crippen MR) is 125 cm³/mol. The summed E-state index contributed by atoms with van der Waals surface area (Å²) in [6, 6.07) is 20.6. The van der Waals surface area contributed by atoms with Gasteiger partial charge in [0.05, 0.1) is 4.90 Å². The minimum absolute atomic E-state index is 0.0324. The van der Waals surface area contributed by atoms with Crippen molar-refractivity contribution in [1.82, 2.24) is 4.90 Å². The van der Waals surface area contributed by atoms with E-state index in [4.69, 9.17) is 15.9 Å². The Hall–Kier alpha value is -3.65. The minimum Gasteiger partial charge on any atom is -0.410 e. The third-order valence-electron chi connectivity index (χ3n) is 4.91. The SMILES string of the molecule is CCN(Cc1cccc(C(=N)N)c1)C(=O)Oc1ccc(-c2ccccc2S(C)(=O)=O)cc1. The highest BCUT2D eigenvalue weighted by Gasteiger charge is 2.17. The second-order valence-corrected chi connectivity index (χ2v) is 9.27. The van der Waals surface area contributed by atoms with Crippen molar-refractivity contribution >= 4 is 21.8 Å². The quantitative estimate of drug-likeness (QED) is 0.415. The van der Waals surface area contributed by atoms with Crippen LogP contribution < -0.4 is 10.5 Å². The molecular weight excluding hydrogens is 426 g/mol. The lowest BCUT2D eigenvalue weighted by Gasteiger charge is -2.20. The Morgan fingerprint density at radius 2 is 1.72 bits per heavy atom. The molecule has 0 atom stereocenters. The molecule has 7 nitrogen and oxygen atoms in total. The van der Waals surface area contributed by atoms with Gasteiger partial charge in [-0.25, -0.2) is 13.2 Å². The number of ether oxygens (including phenoxy) is 1. The summed E-state index contributed by atoms with van der Waals surface area (Å²) in [6.07, 6.45) is 0.665. The fourth-order valence-electron chi connectivity index (χ4n) is 3.26. The minimum atomic E-state index is -3.38. The zero-order valence-corrected chi connectivity index (χ0v) is 18.7. The average molecular weight is 452 g/mol. The summed E-state index contributed by atoms with van der Waals surface area (Å²) in [5.74, 6) is 0.321. The van der Waals surface area contributed by atoms with E-state index in [0.717, 1.165) is 5.56 Å². The number of sulfone groups is 1. The maximum Gasteiger partial charge on any atom is 0.415 e. The average Bonchev–Trinajstić information content (AvgIpc) is 2.77. The highest BCUT2D eigenvalue weighted by atomic mass is 32.2.